The van der Waals surface area contributed by atoms with Crippen LogP contribution in [0.4, 0.5) is 0 Å². The van der Waals surface area contributed by atoms with Gasteiger partial charge in [-0.15, -0.1) is 0 Å². The van der Waals surface area contributed by atoms with E-state index >= 15 is 0 Å². The van der Waals surface area contributed by atoms with Gasteiger partial charge in [0.25, 0.3) is 0 Å². The molecule has 2 unspecified atom stereocenters. The van der Waals surface area contributed by atoms with Crippen LogP contribution in [-0.4, -0.2) is 28.8 Å². The minimum Gasteiger partial charge on any atom is -0.316 e. The molecule has 0 bridgehead atoms. The van der Waals surface area contributed by atoms with Gasteiger partial charge in [-0.05, 0) is 13.0 Å². The van der Waals surface area contributed by atoms with Crippen LogP contribution in [0.2, 0.25) is 0 Å². The highest BCUT2D eigenvalue weighted by molar-refractivity contribution is 7.84. The fourth-order valence-corrected chi connectivity index (χ4v) is 2.12. The van der Waals surface area contributed by atoms with Crippen molar-refractivity contribution in [3.63, 3.8) is 0 Å². The first-order chi connectivity index (χ1) is 5.11. The molecule has 11 heavy (non-hydrogen) atoms. The summed E-state index contributed by atoms with van der Waals surface area (Å²) in [6, 6.07) is 0.399. The molecule has 0 rings (SSSR count). The summed E-state index contributed by atoms with van der Waals surface area (Å²) in [4.78, 5) is 0. The lowest BCUT2D eigenvalue weighted by Gasteiger charge is -2.18. The smallest absolute Gasteiger partial charge is 0.0391 e. The average molecular weight is 177 g/mol. The van der Waals surface area contributed by atoms with Gasteiger partial charge >= 0.3 is 0 Å². The van der Waals surface area contributed by atoms with E-state index < -0.39 is 10.8 Å². The molecular formula is C8H19NOS. The van der Waals surface area contributed by atoms with Crippen LogP contribution < -0.4 is 5.32 Å². The second kappa shape index (κ2) is 5.72. The number of rotatable bonds is 5. The standard InChI is InChI=1S/C8H19NOS/c1-5-11(10)6-8(9-4)7(2)3/h7-9H,5-6H2,1-4H3. The van der Waals surface area contributed by atoms with Crippen molar-refractivity contribution in [1.82, 2.24) is 5.32 Å². The minimum absolute atomic E-state index is 0.399. The molecule has 0 fully saturated rings. The fraction of sp³-hybridized carbons (Fsp3) is 1.00. The summed E-state index contributed by atoms with van der Waals surface area (Å²) in [5.41, 5.74) is 0. The van der Waals surface area contributed by atoms with Crippen LogP contribution in [0.1, 0.15) is 20.8 Å². The van der Waals surface area contributed by atoms with Gasteiger partial charge in [-0.25, -0.2) is 0 Å². The van der Waals surface area contributed by atoms with E-state index in [-0.39, 0.29) is 0 Å². The normalized spacial score (nSPS) is 16.8. The van der Waals surface area contributed by atoms with E-state index in [1.165, 1.54) is 0 Å². The molecule has 68 valence electrons. The van der Waals surface area contributed by atoms with Crippen LogP contribution in [0.15, 0.2) is 0 Å². The molecule has 0 saturated carbocycles. The Bertz CT molecular complexity index is 125. The lowest BCUT2D eigenvalue weighted by molar-refractivity contribution is 0.462. The molecular weight excluding hydrogens is 158 g/mol. The Morgan fingerprint density at radius 2 is 2.00 bits per heavy atom. The summed E-state index contributed by atoms with van der Waals surface area (Å²) in [5.74, 6) is 2.12. The Morgan fingerprint density at radius 1 is 1.45 bits per heavy atom. The van der Waals surface area contributed by atoms with E-state index in [1.807, 2.05) is 14.0 Å². The Balaban J connectivity index is 3.78. The monoisotopic (exact) mass is 177 g/mol. The third-order valence-corrected chi connectivity index (χ3v) is 3.24. The van der Waals surface area contributed by atoms with Crippen LogP contribution in [0, 0.1) is 5.92 Å². The lowest BCUT2D eigenvalue weighted by atomic mass is 10.1. The van der Waals surface area contributed by atoms with E-state index in [2.05, 4.69) is 19.2 Å². The molecule has 0 aliphatic heterocycles. The summed E-state index contributed by atoms with van der Waals surface area (Å²) in [5, 5.41) is 3.17. The summed E-state index contributed by atoms with van der Waals surface area (Å²) in [6.45, 7) is 6.26. The third kappa shape index (κ3) is 4.53. The van der Waals surface area contributed by atoms with Crippen LogP contribution in [-0.2, 0) is 10.8 Å². The maximum absolute atomic E-state index is 11.2. The van der Waals surface area contributed by atoms with Crippen molar-refractivity contribution in [3.05, 3.63) is 0 Å². The van der Waals surface area contributed by atoms with Crippen LogP contribution >= 0.6 is 0 Å². The highest BCUT2D eigenvalue weighted by Crippen LogP contribution is 2.02. The van der Waals surface area contributed by atoms with E-state index in [0.717, 1.165) is 11.5 Å². The highest BCUT2D eigenvalue weighted by Gasteiger charge is 2.12. The number of hydrogen-bond donors (Lipinski definition) is 1. The molecule has 0 saturated heterocycles. The number of nitrogens with one attached hydrogen (secondary N) is 1. The quantitative estimate of drug-likeness (QED) is 0.679. The van der Waals surface area contributed by atoms with Gasteiger partial charge in [-0.1, -0.05) is 20.8 Å². The Hall–Kier alpha value is 0.110. The summed E-state index contributed by atoms with van der Waals surface area (Å²) >= 11 is 0. The maximum atomic E-state index is 11.2. The summed E-state index contributed by atoms with van der Waals surface area (Å²) < 4.78 is 11.2. The fourth-order valence-electron chi connectivity index (χ4n) is 0.927. The lowest BCUT2D eigenvalue weighted by Crippen LogP contribution is -2.36. The van der Waals surface area contributed by atoms with Crippen LogP contribution in [0.25, 0.3) is 0 Å². The first kappa shape index (κ1) is 11.1. The van der Waals surface area contributed by atoms with Gasteiger partial charge in [0.1, 0.15) is 0 Å². The van der Waals surface area contributed by atoms with Gasteiger partial charge in [-0.2, -0.15) is 0 Å². The Labute approximate surface area is 72.2 Å². The second-order valence-electron chi connectivity index (χ2n) is 3.03. The molecule has 0 aromatic rings. The van der Waals surface area contributed by atoms with Crippen molar-refractivity contribution in [3.8, 4) is 0 Å². The molecule has 1 N–H and O–H groups in total. The van der Waals surface area contributed by atoms with Crippen molar-refractivity contribution in [2.24, 2.45) is 5.92 Å². The van der Waals surface area contributed by atoms with E-state index in [0.29, 0.717) is 12.0 Å². The highest BCUT2D eigenvalue weighted by atomic mass is 32.2. The van der Waals surface area contributed by atoms with Gasteiger partial charge < -0.3 is 5.32 Å². The molecule has 0 aliphatic carbocycles. The van der Waals surface area contributed by atoms with Crippen molar-refractivity contribution in [2.75, 3.05) is 18.6 Å². The molecule has 2 atom stereocenters. The van der Waals surface area contributed by atoms with Crippen molar-refractivity contribution >= 4 is 10.8 Å². The molecule has 3 heteroatoms. The first-order valence-electron chi connectivity index (χ1n) is 4.14. The molecule has 0 spiro atoms. The van der Waals surface area contributed by atoms with E-state index in [4.69, 9.17) is 0 Å². The molecule has 0 aliphatic rings. The molecule has 2 nitrogen and oxygen atoms in total. The van der Waals surface area contributed by atoms with Crippen LogP contribution in [0.3, 0.4) is 0 Å². The number of hydrogen-bond acceptors (Lipinski definition) is 2. The zero-order valence-electron chi connectivity index (χ0n) is 7.89. The van der Waals surface area contributed by atoms with E-state index in [1.54, 1.807) is 0 Å². The van der Waals surface area contributed by atoms with Crippen molar-refractivity contribution in [2.45, 2.75) is 26.8 Å². The third-order valence-electron chi connectivity index (χ3n) is 1.86. The van der Waals surface area contributed by atoms with Gasteiger partial charge in [0.15, 0.2) is 0 Å². The zero-order valence-corrected chi connectivity index (χ0v) is 8.70. The SMILES string of the molecule is CCS(=O)CC(NC)C(C)C. The minimum atomic E-state index is -0.640. The molecule has 0 radical (unpaired) electrons. The summed E-state index contributed by atoms with van der Waals surface area (Å²) in [7, 11) is 1.29. The van der Waals surface area contributed by atoms with Gasteiger partial charge in [-0.3, -0.25) is 4.21 Å². The summed E-state index contributed by atoms with van der Waals surface area (Å²) in [6.07, 6.45) is 0. The zero-order chi connectivity index (χ0) is 8.85. The van der Waals surface area contributed by atoms with E-state index in [9.17, 15) is 4.21 Å². The molecule has 0 aromatic carbocycles. The molecule has 0 heterocycles. The second-order valence-corrected chi connectivity index (χ2v) is 4.82. The van der Waals surface area contributed by atoms with Crippen molar-refractivity contribution < 1.29 is 4.21 Å². The average Bonchev–Trinajstić information content (AvgIpc) is 1.99. The Kier molecular flexibility index (Phi) is 5.78. The predicted molar refractivity (Wildman–Crippen MR) is 51.2 cm³/mol. The van der Waals surface area contributed by atoms with Crippen molar-refractivity contribution in [1.29, 1.82) is 0 Å². The first-order valence-corrected chi connectivity index (χ1v) is 5.62. The van der Waals surface area contributed by atoms with Gasteiger partial charge in [0, 0.05) is 28.3 Å². The largest absolute Gasteiger partial charge is 0.316 e. The molecule has 0 amide bonds. The Morgan fingerprint density at radius 3 is 2.27 bits per heavy atom. The van der Waals surface area contributed by atoms with Gasteiger partial charge in [0.05, 0.1) is 0 Å². The topological polar surface area (TPSA) is 29.1 Å². The molecule has 0 aromatic heterocycles. The van der Waals surface area contributed by atoms with Gasteiger partial charge in [0.2, 0.25) is 0 Å². The van der Waals surface area contributed by atoms with Crippen LogP contribution in [0.5, 0.6) is 0 Å². The predicted octanol–water partition coefficient (Wildman–Crippen LogP) is 0.999. The maximum Gasteiger partial charge on any atom is 0.0391 e.